The number of nitrogens with one attached hydrogen (secondary N) is 1. The molecule has 1 aliphatic rings. The molecular weight excluding hydrogens is 262 g/mol. The Morgan fingerprint density at radius 3 is 2.86 bits per heavy atom. The highest BCUT2D eigenvalue weighted by molar-refractivity contribution is 5.34. The van der Waals surface area contributed by atoms with Gasteiger partial charge in [0.05, 0.1) is 5.69 Å². The van der Waals surface area contributed by atoms with Gasteiger partial charge in [-0.05, 0) is 37.0 Å². The van der Waals surface area contributed by atoms with Gasteiger partial charge < -0.3 is 10.2 Å². The van der Waals surface area contributed by atoms with Crippen LogP contribution in [0.3, 0.4) is 0 Å². The zero-order chi connectivity index (χ0) is 14.7. The van der Waals surface area contributed by atoms with Crippen molar-refractivity contribution < 1.29 is 0 Å². The molecule has 1 aliphatic carbocycles. The van der Waals surface area contributed by atoms with Crippen molar-refractivity contribution in [3.8, 4) is 0 Å². The first-order chi connectivity index (χ1) is 10.2. The Kier molecular flexibility index (Phi) is 4.10. The molecule has 0 fully saturated rings. The fourth-order valence-corrected chi connectivity index (χ4v) is 2.71. The van der Waals surface area contributed by atoms with Crippen LogP contribution in [0.25, 0.3) is 0 Å². The van der Waals surface area contributed by atoms with E-state index in [-0.39, 0.29) is 0 Å². The lowest BCUT2D eigenvalue weighted by Crippen LogP contribution is -2.26. The summed E-state index contributed by atoms with van der Waals surface area (Å²) in [5, 5.41) is 3.62. The van der Waals surface area contributed by atoms with Gasteiger partial charge in [0.2, 0.25) is 5.95 Å². The summed E-state index contributed by atoms with van der Waals surface area (Å²) in [6.07, 6.45) is 9.01. The highest BCUT2D eigenvalue weighted by Crippen LogP contribution is 2.29. The average Bonchev–Trinajstić information content (AvgIpc) is 2.53. The van der Waals surface area contributed by atoms with E-state index in [1.54, 1.807) is 0 Å². The van der Waals surface area contributed by atoms with Crippen molar-refractivity contribution in [3.05, 3.63) is 47.5 Å². The first-order valence-electron chi connectivity index (χ1n) is 7.39. The van der Waals surface area contributed by atoms with Crippen molar-refractivity contribution in [1.29, 1.82) is 0 Å². The molecule has 5 nitrogen and oxygen atoms in total. The molecule has 2 heterocycles. The second kappa shape index (κ2) is 6.18. The molecule has 0 spiro atoms. The lowest BCUT2D eigenvalue weighted by molar-refractivity contribution is 0.452. The molecule has 2 aromatic heterocycles. The maximum absolute atomic E-state index is 4.68. The quantitative estimate of drug-likeness (QED) is 0.931. The molecule has 1 N–H and O–H groups in total. The first-order valence-corrected chi connectivity index (χ1v) is 7.39. The lowest BCUT2D eigenvalue weighted by Gasteiger charge is -2.26. The second-order valence-electron chi connectivity index (χ2n) is 5.65. The van der Waals surface area contributed by atoms with E-state index in [0.717, 1.165) is 25.3 Å². The number of pyridine rings is 1. The maximum Gasteiger partial charge on any atom is 0.225 e. The van der Waals surface area contributed by atoms with Crippen molar-refractivity contribution in [2.45, 2.75) is 31.8 Å². The predicted molar refractivity (Wildman–Crippen MR) is 83.1 cm³/mol. The Hall–Kier alpha value is -2.01. The van der Waals surface area contributed by atoms with E-state index < -0.39 is 0 Å². The molecule has 0 radical (unpaired) electrons. The fourth-order valence-electron chi connectivity index (χ4n) is 2.71. The number of anilines is 1. The molecule has 1 unspecified atom stereocenters. The number of hydrogen-bond acceptors (Lipinski definition) is 5. The topological polar surface area (TPSA) is 53.9 Å². The van der Waals surface area contributed by atoms with Crippen LogP contribution in [0, 0.1) is 0 Å². The van der Waals surface area contributed by atoms with E-state index in [4.69, 9.17) is 0 Å². The summed E-state index contributed by atoms with van der Waals surface area (Å²) in [6, 6.07) is 4.43. The van der Waals surface area contributed by atoms with Gasteiger partial charge in [0, 0.05) is 50.8 Å². The number of rotatable bonds is 4. The summed E-state index contributed by atoms with van der Waals surface area (Å²) < 4.78 is 0. The highest BCUT2D eigenvalue weighted by atomic mass is 15.2. The van der Waals surface area contributed by atoms with Gasteiger partial charge in [0.1, 0.15) is 0 Å². The normalized spacial score (nSPS) is 17.3. The molecule has 3 rings (SSSR count). The Morgan fingerprint density at radius 2 is 2.10 bits per heavy atom. The standard InChI is InChI=1S/C16H21N5/c1-21(2)16-19-11-13-14(4-3-5-15(13)20-16)18-10-12-6-8-17-9-7-12/h6-9,11,14,18H,3-5,10H2,1-2H3. The highest BCUT2D eigenvalue weighted by Gasteiger charge is 2.22. The van der Waals surface area contributed by atoms with Gasteiger partial charge in [-0.3, -0.25) is 4.98 Å². The summed E-state index contributed by atoms with van der Waals surface area (Å²) in [7, 11) is 3.95. The molecule has 0 saturated carbocycles. The predicted octanol–water partition coefficient (Wildman–Crippen LogP) is 2.10. The molecule has 1 atom stereocenters. The van der Waals surface area contributed by atoms with Gasteiger partial charge in [0.15, 0.2) is 0 Å². The molecule has 5 heteroatoms. The Balaban J connectivity index is 1.74. The molecule has 0 bridgehead atoms. The van der Waals surface area contributed by atoms with E-state index in [1.165, 1.54) is 23.2 Å². The summed E-state index contributed by atoms with van der Waals surface area (Å²) >= 11 is 0. The van der Waals surface area contributed by atoms with Crippen molar-refractivity contribution in [2.75, 3.05) is 19.0 Å². The van der Waals surface area contributed by atoms with Crippen molar-refractivity contribution in [1.82, 2.24) is 20.3 Å². The van der Waals surface area contributed by atoms with Gasteiger partial charge in [-0.2, -0.15) is 0 Å². The monoisotopic (exact) mass is 283 g/mol. The van der Waals surface area contributed by atoms with Crippen LogP contribution in [-0.4, -0.2) is 29.0 Å². The molecule has 0 amide bonds. The zero-order valence-electron chi connectivity index (χ0n) is 12.6. The summed E-state index contributed by atoms with van der Waals surface area (Å²) in [5.41, 5.74) is 3.69. The SMILES string of the molecule is CN(C)c1ncc2c(n1)CCCC2NCc1ccncc1. The first kappa shape index (κ1) is 13.9. The Bertz CT molecular complexity index is 597. The van der Waals surface area contributed by atoms with E-state index in [0.29, 0.717) is 6.04 Å². The smallest absolute Gasteiger partial charge is 0.225 e. The zero-order valence-corrected chi connectivity index (χ0v) is 12.6. The third-order valence-corrected chi connectivity index (χ3v) is 3.87. The van der Waals surface area contributed by atoms with Crippen LogP contribution in [0.1, 0.15) is 35.7 Å². The van der Waals surface area contributed by atoms with Crippen LogP contribution >= 0.6 is 0 Å². The molecule has 0 saturated heterocycles. The maximum atomic E-state index is 4.68. The Labute approximate surface area is 125 Å². The van der Waals surface area contributed by atoms with Gasteiger partial charge in [0.25, 0.3) is 0 Å². The van der Waals surface area contributed by atoms with Crippen LogP contribution in [0.15, 0.2) is 30.7 Å². The summed E-state index contributed by atoms with van der Waals surface area (Å²) in [4.78, 5) is 15.1. The number of hydrogen-bond donors (Lipinski definition) is 1. The number of aromatic nitrogens is 3. The fraction of sp³-hybridized carbons (Fsp3) is 0.438. The van der Waals surface area contributed by atoms with E-state index in [2.05, 4.69) is 20.3 Å². The van der Waals surface area contributed by atoms with Gasteiger partial charge in [-0.15, -0.1) is 0 Å². The average molecular weight is 283 g/mol. The second-order valence-corrected chi connectivity index (χ2v) is 5.65. The molecular formula is C16H21N5. The van der Waals surface area contributed by atoms with Crippen LogP contribution in [0.2, 0.25) is 0 Å². The molecule has 0 aliphatic heterocycles. The van der Waals surface area contributed by atoms with Crippen LogP contribution < -0.4 is 10.2 Å². The van der Waals surface area contributed by atoms with Crippen molar-refractivity contribution >= 4 is 5.95 Å². The summed E-state index contributed by atoms with van der Waals surface area (Å²) in [5.74, 6) is 0.795. The van der Waals surface area contributed by atoms with Crippen LogP contribution in [0.5, 0.6) is 0 Å². The minimum absolute atomic E-state index is 0.345. The van der Waals surface area contributed by atoms with Crippen LogP contribution in [-0.2, 0) is 13.0 Å². The van der Waals surface area contributed by atoms with E-state index >= 15 is 0 Å². The van der Waals surface area contributed by atoms with Gasteiger partial charge >= 0.3 is 0 Å². The van der Waals surface area contributed by atoms with Gasteiger partial charge in [-0.1, -0.05) is 0 Å². The van der Waals surface area contributed by atoms with E-state index in [1.807, 2.05) is 49.7 Å². The third-order valence-electron chi connectivity index (χ3n) is 3.87. The number of aryl methyl sites for hydroxylation is 1. The largest absolute Gasteiger partial charge is 0.347 e. The molecule has 2 aromatic rings. The van der Waals surface area contributed by atoms with Gasteiger partial charge in [-0.25, -0.2) is 9.97 Å². The van der Waals surface area contributed by atoms with Crippen LogP contribution in [0.4, 0.5) is 5.95 Å². The molecule has 21 heavy (non-hydrogen) atoms. The van der Waals surface area contributed by atoms with Crippen molar-refractivity contribution in [2.24, 2.45) is 0 Å². The van der Waals surface area contributed by atoms with Crippen molar-refractivity contribution in [3.63, 3.8) is 0 Å². The molecule has 110 valence electrons. The summed E-state index contributed by atoms with van der Waals surface area (Å²) in [6.45, 7) is 0.849. The third kappa shape index (κ3) is 3.19. The lowest BCUT2D eigenvalue weighted by atomic mass is 9.92. The molecule has 0 aromatic carbocycles. The number of nitrogens with zero attached hydrogens (tertiary/aromatic N) is 4. The minimum atomic E-state index is 0.345. The number of fused-ring (bicyclic) bond motifs is 1. The Morgan fingerprint density at radius 1 is 1.29 bits per heavy atom. The minimum Gasteiger partial charge on any atom is -0.347 e. The van der Waals surface area contributed by atoms with E-state index in [9.17, 15) is 0 Å².